The van der Waals surface area contributed by atoms with Gasteiger partial charge in [-0.1, -0.05) is 52.3 Å². The third kappa shape index (κ3) is 3.00. The van der Waals surface area contributed by atoms with Gasteiger partial charge >= 0.3 is 0 Å². The predicted octanol–water partition coefficient (Wildman–Crippen LogP) is 4.53. The van der Waals surface area contributed by atoms with Crippen molar-refractivity contribution in [3.05, 3.63) is 69.7 Å². The first-order valence-corrected chi connectivity index (χ1v) is 9.14. The van der Waals surface area contributed by atoms with Gasteiger partial charge in [-0.15, -0.1) is 0 Å². The highest BCUT2D eigenvalue weighted by molar-refractivity contribution is 9.10. The number of nitrogens with one attached hydrogen (secondary N) is 1. The molecule has 1 N–H and O–H groups in total. The minimum Gasteiger partial charge on any atom is -0.310 e. The Hall–Kier alpha value is -1.12. The Labute approximate surface area is 141 Å². The molecule has 0 unspecified atom stereocenters. The van der Waals surface area contributed by atoms with E-state index in [1.807, 2.05) is 0 Å². The van der Waals surface area contributed by atoms with Crippen molar-refractivity contribution in [3.63, 3.8) is 0 Å². The highest BCUT2D eigenvalue weighted by Gasteiger charge is 2.32. The van der Waals surface area contributed by atoms with Crippen molar-refractivity contribution in [2.45, 2.75) is 44.2 Å². The zero-order valence-corrected chi connectivity index (χ0v) is 14.4. The van der Waals surface area contributed by atoms with Crippen LogP contribution in [0.5, 0.6) is 0 Å². The molecule has 0 aromatic heterocycles. The summed E-state index contributed by atoms with van der Waals surface area (Å²) in [5, 5.41) is 3.95. The largest absolute Gasteiger partial charge is 0.310 e. The molecule has 0 saturated carbocycles. The molecule has 2 aliphatic heterocycles. The van der Waals surface area contributed by atoms with Crippen molar-refractivity contribution in [1.29, 1.82) is 0 Å². The zero-order chi connectivity index (χ0) is 14.9. The van der Waals surface area contributed by atoms with Crippen LogP contribution in [0, 0.1) is 5.92 Å². The van der Waals surface area contributed by atoms with Crippen LogP contribution in [-0.2, 0) is 19.3 Å². The van der Waals surface area contributed by atoms with Crippen molar-refractivity contribution in [2.75, 3.05) is 0 Å². The number of piperidine rings is 1. The van der Waals surface area contributed by atoms with E-state index in [1.54, 1.807) is 11.1 Å². The van der Waals surface area contributed by atoms with Gasteiger partial charge < -0.3 is 5.32 Å². The van der Waals surface area contributed by atoms with E-state index in [1.165, 1.54) is 35.7 Å². The predicted molar refractivity (Wildman–Crippen MR) is 95.1 cm³/mol. The molecule has 3 atom stereocenters. The van der Waals surface area contributed by atoms with Crippen LogP contribution in [0.1, 0.15) is 29.5 Å². The minimum absolute atomic E-state index is 0.612. The lowest BCUT2D eigenvalue weighted by atomic mass is 9.75. The Morgan fingerprint density at radius 2 is 1.77 bits per heavy atom. The van der Waals surface area contributed by atoms with Crippen LogP contribution in [0.4, 0.5) is 0 Å². The molecule has 3 aliphatic rings. The molecule has 0 amide bonds. The highest BCUT2D eigenvalue weighted by atomic mass is 79.9. The monoisotopic (exact) mass is 355 g/mol. The number of benzene rings is 2. The molecule has 2 aromatic rings. The number of fused-ring (bicyclic) bond motifs is 2. The molecule has 5 rings (SSSR count). The number of hydrogen-bond donors (Lipinski definition) is 1. The first-order valence-electron chi connectivity index (χ1n) is 8.35. The normalized spacial score (nSPS) is 27.0. The average molecular weight is 356 g/mol. The smallest absolute Gasteiger partial charge is 0.0178 e. The lowest BCUT2D eigenvalue weighted by Gasteiger charge is -2.41. The van der Waals surface area contributed by atoms with E-state index in [0.29, 0.717) is 12.1 Å². The van der Waals surface area contributed by atoms with Crippen molar-refractivity contribution in [2.24, 2.45) is 5.92 Å². The molecule has 114 valence electrons. The Morgan fingerprint density at radius 1 is 0.955 bits per heavy atom. The molecular weight excluding hydrogens is 334 g/mol. The third-order valence-electron chi connectivity index (χ3n) is 5.32. The van der Waals surface area contributed by atoms with Gasteiger partial charge in [0, 0.05) is 16.6 Å². The molecule has 2 heteroatoms. The van der Waals surface area contributed by atoms with Crippen molar-refractivity contribution < 1.29 is 0 Å². The second-order valence-electron chi connectivity index (χ2n) is 6.82. The molecular formula is C20H22BrN. The second-order valence-corrected chi connectivity index (χ2v) is 7.73. The first kappa shape index (κ1) is 14.5. The van der Waals surface area contributed by atoms with Crippen molar-refractivity contribution in [1.82, 2.24) is 5.32 Å². The van der Waals surface area contributed by atoms with Gasteiger partial charge in [0.05, 0.1) is 0 Å². The van der Waals surface area contributed by atoms with Gasteiger partial charge in [-0.2, -0.15) is 0 Å². The summed E-state index contributed by atoms with van der Waals surface area (Å²) in [5.41, 5.74) is 4.58. The Morgan fingerprint density at radius 3 is 2.59 bits per heavy atom. The lowest BCUT2D eigenvalue weighted by Crippen LogP contribution is -2.51. The molecule has 2 aromatic carbocycles. The fourth-order valence-electron chi connectivity index (χ4n) is 4.19. The molecule has 2 bridgehead atoms. The van der Waals surface area contributed by atoms with E-state index in [-0.39, 0.29) is 0 Å². The van der Waals surface area contributed by atoms with E-state index < -0.39 is 0 Å². The summed E-state index contributed by atoms with van der Waals surface area (Å²) >= 11 is 3.60. The van der Waals surface area contributed by atoms with E-state index in [9.17, 15) is 0 Å². The van der Waals surface area contributed by atoms with Gasteiger partial charge in [0.25, 0.3) is 0 Å². The Kier molecular flexibility index (Phi) is 4.06. The summed E-state index contributed by atoms with van der Waals surface area (Å²) in [6.07, 6.45) is 6.26. The fraction of sp³-hybridized carbons (Fsp3) is 0.400. The molecule has 1 aliphatic carbocycles. The van der Waals surface area contributed by atoms with Crippen LogP contribution in [0.15, 0.2) is 53.0 Å². The van der Waals surface area contributed by atoms with Crippen LogP contribution >= 0.6 is 15.9 Å². The van der Waals surface area contributed by atoms with Gasteiger partial charge in [-0.05, 0) is 66.8 Å². The summed E-state index contributed by atoms with van der Waals surface area (Å²) < 4.78 is 1.19. The molecule has 1 saturated heterocycles. The number of hydrogen-bond acceptors (Lipinski definition) is 1. The average Bonchev–Trinajstić information content (AvgIpc) is 2.48. The molecule has 2 heterocycles. The van der Waals surface area contributed by atoms with E-state index in [4.69, 9.17) is 0 Å². The van der Waals surface area contributed by atoms with Crippen molar-refractivity contribution >= 4 is 15.9 Å². The van der Waals surface area contributed by atoms with Gasteiger partial charge in [0.1, 0.15) is 0 Å². The topological polar surface area (TPSA) is 12.0 Å². The second kappa shape index (κ2) is 6.17. The molecule has 0 radical (unpaired) electrons. The fourth-order valence-corrected chi connectivity index (χ4v) is 4.64. The first-order chi connectivity index (χ1) is 10.8. The molecule has 1 nitrogen and oxygen atoms in total. The van der Waals surface area contributed by atoms with Gasteiger partial charge in [-0.3, -0.25) is 0 Å². The standard InChI is InChI=1S/C20H22BrN/c21-18-7-3-4-14(10-18)11-20-17-8-9-19(22-20)13-16-6-2-1-5-15(16)12-17/h1-7,10,17,19-20,22H,8-9,11-13H2/t17-,19+,20-/m1/s1. The van der Waals surface area contributed by atoms with Crippen LogP contribution in [0.3, 0.4) is 0 Å². The van der Waals surface area contributed by atoms with Gasteiger partial charge in [0.2, 0.25) is 0 Å². The summed E-state index contributed by atoms with van der Waals surface area (Å²) in [7, 11) is 0. The van der Waals surface area contributed by atoms with Gasteiger partial charge in [0.15, 0.2) is 0 Å². The van der Waals surface area contributed by atoms with Crippen LogP contribution < -0.4 is 5.32 Å². The number of halogens is 1. The summed E-state index contributed by atoms with van der Waals surface area (Å²) in [6, 6.07) is 19.1. The zero-order valence-electron chi connectivity index (χ0n) is 12.8. The third-order valence-corrected chi connectivity index (χ3v) is 5.81. The summed E-state index contributed by atoms with van der Waals surface area (Å²) in [6.45, 7) is 0. The van der Waals surface area contributed by atoms with E-state index >= 15 is 0 Å². The Balaban J connectivity index is 1.58. The molecule has 22 heavy (non-hydrogen) atoms. The molecule has 1 fully saturated rings. The maximum atomic E-state index is 3.95. The summed E-state index contributed by atoms with van der Waals surface area (Å²) in [5.74, 6) is 0.761. The SMILES string of the molecule is Brc1cccc(C[C@H]2N[C@H]3CC[C@@H]2Cc2ccccc2C3)c1. The highest BCUT2D eigenvalue weighted by Crippen LogP contribution is 2.32. The van der Waals surface area contributed by atoms with Crippen LogP contribution in [0.25, 0.3) is 0 Å². The van der Waals surface area contributed by atoms with Crippen LogP contribution in [-0.4, -0.2) is 12.1 Å². The van der Waals surface area contributed by atoms with E-state index in [0.717, 1.165) is 12.3 Å². The number of rotatable bonds is 2. The van der Waals surface area contributed by atoms with Crippen LogP contribution in [0.2, 0.25) is 0 Å². The van der Waals surface area contributed by atoms with Gasteiger partial charge in [-0.25, -0.2) is 0 Å². The maximum absolute atomic E-state index is 3.95. The summed E-state index contributed by atoms with van der Waals surface area (Å²) in [4.78, 5) is 0. The Bertz CT molecular complexity index is 666. The maximum Gasteiger partial charge on any atom is 0.0178 e. The minimum atomic E-state index is 0.612. The van der Waals surface area contributed by atoms with Crippen molar-refractivity contribution in [3.8, 4) is 0 Å². The quantitative estimate of drug-likeness (QED) is 0.834. The lowest BCUT2D eigenvalue weighted by molar-refractivity contribution is 0.217. The van der Waals surface area contributed by atoms with E-state index in [2.05, 4.69) is 69.8 Å². The molecule has 0 spiro atoms.